The number of carbonyl (C=O) groups is 2. The number of carbonyl (C=O) groups excluding carboxylic acids is 2. The molecule has 2 saturated heterocycles. The molecule has 124 valence electrons. The van der Waals surface area contributed by atoms with E-state index in [0.29, 0.717) is 6.42 Å². The van der Waals surface area contributed by atoms with Gasteiger partial charge in [-0.05, 0) is 25.3 Å². The maximum Gasteiger partial charge on any atom is 0.228 e. The zero-order valence-electron chi connectivity index (χ0n) is 14.1. The largest absolute Gasteiger partial charge is 0.342 e. The number of aryl methyl sites for hydroxylation is 1. The Morgan fingerprint density at radius 2 is 1.65 bits per heavy atom. The molecule has 0 saturated carbocycles. The van der Waals surface area contributed by atoms with Crippen molar-refractivity contribution in [3.8, 4) is 0 Å². The standard InChI is InChI=1S/C19H26N2O2/c1-14-7-9-15(10-8-14)18-16(13-17(22)20(18)2)19(23)21-11-5-3-4-6-12-21/h7-10,16,18H,3-6,11-13H2,1-2H3. The summed E-state index contributed by atoms with van der Waals surface area (Å²) in [5.41, 5.74) is 2.26. The highest BCUT2D eigenvalue weighted by molar-refractivity contribution is 5.90. The summed E-state index contributed by atoms with van der Waals surface area (Å²) in [4.78, 5) is 29.0. The van der Waals surface area contributed by atoms with Crippen molar-refractivity contribution in [2.75, 3.05) is 20.1 Å². The van der Waals surface area contributed by atoms with Crippen LogP contribution >= 0.6 is 0 Å². The maximum atomic E-state index is 13.0. The minimum Gasteiger partial charge on any atom is -0.342 e. The molecule has 2 aliphatic rings. The molecule has 2 atom stereocenters. The van der Waals surface area contributed by atoms with E-state index in [-0.39, 0.29) is 23.8 Å². The molecule has 23 heavy (non-hydrogen) atoms. The molecule has 0 radical (unpaired) electrons. The van der Waals surface area contributed by atoms with Crippen LogP contribution in [0.2, 0.25) is 0 Å². The first-order chi connectivity index (χ1) is 11.1. The molecule has 3 rings (SSSR count). The van der Waals surface area contributed by atoms with Crippen LogP contribution in [0.1, 0.15) is 49.3 Å². The number of rotatable bonds is 2. The first kappa shape index (κ1) is 16.0. The van der Waals surface area contributed by atoms with Crippen LogP contribution in [0, 0.1) is 12.8 Å². The minimum absolute atomic E-state index is 0.0729. The fourth-order valence-electron chi connectivity index (χ4n) is 3.84. The number of benzene rings is 1. The second-order valence-corrected chi connectivity index (χ2v) is 6.91. The van der Waals surface area contributed by atoms with E-state index in [1.165, 1.54) is 18.4 Å². The summed E-state index contributed by atoms with van der Waals surface area (Å²) in [6, 6.07) is 8.09. The van der Waals surface area contributed by atoms with Gasteiger partial charge in [-0.2, -0.15) is 0 Å². The smallest absolute Gasteiger partial charge is 0.228 e. The second-order valence-electron chi connectivity index (χ2n) is 6.91. The first-order valence-corrected chi connectivity index (χ1v) is 8.69. The number of likely N-dealkylation sites (tertiary alicyclic amines) is 2. The lowest BCUT2D eigenvalue weighted by Crippen LogP contribution is -2.39. The molecule has 1 aromatic carbocycles. The average Bonchev–Trinajstić information content (AvgIpc) is 2.75. The molecule has 2 heterocycles. The third-order valence-corrected chi connectivity index (χ3v) is 5.24. The lowest BCUT2D eigenvalue weighted by molar-refractivity contribution is -0.136. The Labute approximate surface area is 138 Å². The van der Waals surface area contributed by atoms with Crippen LogP contribution in [0.4, 0.5) is 0 Å². The molecule has 4 heteroatoms. The molecule has 0 aliphatic carbocycles. The normalized spacial score (nSPS) is 25.6. The molecule has 2 aliphatic heterocycles. The van der Waals surface area contributed by atoms with Gasteiger partial charge in [0.05, 0.1) is 12.0 Å². The highest BCUT2D eigenvalue weighted by Gasteiger charge is 2.44. The van der Waals surface area contributed by atoms with Crippen molar-refractivity contribution in [1.82, 2.24) is 9.80 Å². The maximum absolute atomic E-state index is 13.0. The van der Waals surface area contributed by atoms with Crippen molar-refractivity contribution in [2.24, 2.45) is 5.92 Å². The van der Waals surface area contributed by atoms with Gasteiger partial charge in [0, 0.05) is 26.6 Å². The average molecular weight is 314 g/mol. The fourth-order valence-corrected chi connectivity index (χ4v) is 3.84. The monoisotopic (exact) mass is 314 g/mol. The van der Waals surface area contributed by atoms with Gasteiger partial charge in [0.1, 0.15) is 0 Å². The highest BCUT2D eigenvalue weighted by Crippen LogP contribution is 2.38. The molecule has 2 amide bonds. The summed E-state index contributed by atoms with van der Waals surface area (Å²) in [7, 11) is 1.82. The summed E-state index contributed by atoms with van der Waals surface area (Å²) in [5, 5.41) is 0. The van der Waals surface area contributed by atoms with Gasteiger partial charge in [-0.15, -0.1) is 0 Å². The summed E-state index contributed by atoms with van der Waals surface area (Å²) >= 11 is 0. The van der Waals surface area contributed by atoms with Crippen LogP contribution in [0.3, 0.4) is 0 Å². The third-order valence-electron chi connectivity index (χ3n) is 5.24. The van der Waals surface area contributed by atoms with Crippen molar-refractivity contribution in [2.45, 2.75) is 45.1 Å². The SMILES string of the molecule is Cc1ccc(C2C(C(=O)N3CCCCCC3)CC(=O)N2C)cc1. The minimum atomic E-state index is -0.242. The van der Waals surface area contributed by atoms with Crippen LogP contribution in [-0.4, -0.2) is 41.8 Å². The molecule has 0 aromatic heterocycles. The predicted molar refractivity (Wildman–Crippen MR) is 89.8 cm³/mol. The molecule has 0 bridgehead atoms. The summed E-state index contributed by atoms with van der Waals surface area (Å²) < 4.78 is 0. The van der Waals surface area contributed by atoms with Crippen molar-refractivity contribution in [1.29, 1.82) is 0 Å². The van der Waals surface area contributed by atoms with E-state index in [4.69, 9.17) is 0 Å². The van der Waals surface area contributed by atoms with E-state index >= 15 is 0 Å². The van der Waals surface area contributed by atoms with Gasteiger partial charge < -0.3 is 9.80 Å². The van der Waals surface area contributed by atoms with Crippen LogP contribution in [-0.2, 0) is 9.59 Å². The summed E-state index contributed by atoms with van der Waals surface area (Å²) in [6.45, 7) is 3.73. The van der Waals surface area contributed by atoms with Crippen molar-refractivity contribution < 1.29 is 9.59 Å². The molecule has 0 N–H and O–H groups in total. The summed E-state index contributed by atoms with van der Waals surface area (Å²) in [5.74, 6) is -0.00720. The third kappa shape index (κ3) is 3.26. The van der Waals surface area contributed by atoms with E-state index in [0.717, 1.165) is 31.5 Å². The number of amides is 2. The second kappa shape index (κ2) is 6.73. The zero-order valence-corrected chi connectivity index (χ0v) is 14.1. The van der Waals surface area contributed by atoms with Crippen LogP contribution in [0.25, 0.3) is 0 Å². The van der Waals surface area contributed by atoms with E-state index < -0.39 is 0 Å². The molecule has 2 unspecified atom stereocenters. The topological polar surface area (TPSA) is 40.6 Å². The lowest BCUT2D eigenvalue weighted by atomic mass is 9.92. The Morgan fingerprint density at radius 3 is 2.26 bits per heavy atom. The van der Waals surface area contributed by atoms with E-state index in [9.17, 15) is 9.59 Å². The van der Waals surface area contributed by atoms with Crippen LogP contribution < -0.4 is 0 Å². The molecule has 1 aromatic rings. The van der Waals surface area contributed by atoms with Crippen molar-refractivity contribution in [3.05, 3.63) is 35.4 Å². The summed E-state index contributed by atoms with van der Waals surface area (Å²) in [6.07, 6.45) is 4.91. The van der Waals surface area contributed by atoms with E-state index in [1.54, 1.807) is 4.90 Å². The van der Waals surface area contributed by atoms with Crippen LogP contribution in [0.15, 0.2) is 24.3 Å². The van der Waals surface area contributed by atoms with Crippen molar-refractivity contribution >= 4 is 11.8 Å². The highest BCUT2D eigenvalue weighted by atomic mass is 16.2. The van der Waals surface area contributed by atoms with Gasteiger partial charge in [0.15, 0.2) is 0 Å². The van der Waals surface area contributed by atoms with E-state index in [2.05, 4.69) is 24.3 Å². The Bertz CT molecular complexity index is 574. The first-order valence-electron chi connectivity index (χ1n) is 8.69. The molecule has 0 spiro atoms. The Morgan fingerprint density at radius 1 is 1.04 bits per heavy atom. The van der Waals surface area contributed by atoms with Gasteiger partial charge in [0.25, 0.3) is 0 Å². The number of nitrogens with zero attached hydrogens (tertiary/aromatic N) is 2. The molecular formula is C19H26N2O2. The molecular weight excluding hydrogens is 288 g/mol. The predicted octanol–water partition coefficient (Wildman–Crippen LogP) is 2.92. The number of hydrogen-bond donors (Lipinski definition) is 0. The van der Waals surface area contributed by atoms with Crippen molar-refractivity contribution in [3.63, 3.8) is 0 Å². The van der Waals surface area contributed by atoms with Gasteiger partial charge in [-0.25, -0.2) is 0 Å². The Balaban J connectivity index is 1.84. The Hall–Kier alpha value is -1.84. The van der Waals surface area contributed by atoms with Gasteiger partial charge >= 0.3 is 0 Å². The zero-order chi connectivity index (χ0) is 16.4. The molecule has 4 nitrogen and oxygen atoms in total. The van der Waals surface area contributed by atoms with E-state index in [1.807, 2.05) is 18.9 Å². The molecule has 2 fully saturated rings. The van der Waals surface area contributed by atoms with Gasteiger partial charge in [-0.3, -0.25) is 9.59 Å². The quantitative estimate of drug-likeness (QED) is 0.842. The van der Waals surface area contributed by atoms with Gasteiger partial charge in [-0.1, -0.05) is 42.7 Å². The van der Waals surface area contributed by atoms with Crippen LogP contribution in [0.5, 0.6) is 0 Å². The lowest BCUT2D eigenvalue weighted by Gasteiger charge is -2.29. The number of hydrogen-bond acceptors (Lipinski definition) is 2. The van der Waals surface area contributed by atoms with Gasteiger partial charge in [0.2, 0.25) is 11.8 Å². The fraction of sp³-hybridized carbons (Fsp3) is 0.579. The Kier molecular flexibility index (Phi) is 4.69.